The summed E-state index contributed by atoms with van der Waals surface area (Å²) in [6.45, 7) is 3.79. The molecule has 3 aromatic heterocycles. The van der Waals surface area contributed by atoms with E-state index in [2.05, 4.69) is 36.8 Å². The van der Waals surface area contributed by atoms with Gasteiger partial charge in [-0.1, -0.05) is 29.8 Å². The zero-order valence-corrected chi connectivity index (χ0v) is 35.6. The number of ether oxygens (including phenoxy) is 4. The smallest absolute Gasteiger partial charge is 0.345 e. The average molecular weight is 891 g/mol. The van der Waals surface area contributed by atoms with Crippen LogP contribution in [0.15, 0.2) is 108 Å². The van der Waals surface area contributed by atoms with Gasteiger partial charge in [0.25, 0.3) is 0 Å². The number of piperazine rings is 1. The number of carboxylic acids is 1. The molecule has 1 aliphatic heterocycles. The second-order valence-corrected chi connectivity index (χ2v) is 15.6. The normalized spacial score (nSPS) is 14.3. The van der Waals surface area contributed by atoms with Crippen molar-refractivity contribution in [3.05, 3.63) is 126 Å². The van der Waals surface area contributed by atoms with Gasteiger partial charge in [0.05, 0.1) is 30.0 Å². The van der Waals surface area contributed by atoms with Crippen LogP contribution in [0.5, 0.6) is 28.9 Å². The van der Waals surface area contributed by atoms with E-state index in [1.165, 1.54) is 48.8 Å². The molecule has 0 spiro atoms. The fourth-order valence-electron chi connectivity index (χ4n) is 7.43. The summed E-state index contributed by atoms with van der Waals surface area (Å²) in [7, 11) is 3.64. The summed E-state index contributed by atoms with van der Waals surface area (Å²) in [6.07, 6.45) is 0.412. The summed E-state index contributed by atoms with van der Waals surface area (Å²) in [6, 6.07) is 24.1. The topological polar surface area (TPSA) is 186 Å². The molecule has 0 amide bonds. The van der Waals surface area contributed by atoms with E-state index in [1.54, 1.807) is 37.6 Å². The summed E-state index contributed by atoms with van der Waals surface area (Å²) in [5.74, 6) is -0.110. The molecule has 330 valence electrons. The maximum absolute atomic E-state index is 14.2. The zero-order chi connectivity index (χ0) is 44.7. The van der Waals surface area contributed by atoms with Crippen LogP contribution in [0.25, 0.3) is 44.9 Å². The van der Waals surface area contributed by atoms with Crippen molar-refractivity contribution in [3.8, 4) is 62.7 Å². The lowest BCUT2D eigenvalue weighted by molar-refractivity contribution is -0.145. The first-order chi connectivity index (χ1) is 31.1. The van der Waals surface area contributed by atoms with Gasteiger partial charge >= 0.3 is 5.97 Å². The third-order valence-corrected chi connectivity index (χ3v) is 11.0. The summed E-state index contributed by atoms with van der Waals surface area (Å²) in [4.78, 5) is 35.2. The minimum absolute atomic E-state index is 0.0125. The van der Waals surface area contributed by atoms with Crippen molar-refractivity contribution in [2.24, 2.45) is 0 Å². The van der Waals surface area contributed by atoms with Crippen molar-refractivity contribution in [1.29, 1.82) is 0 Å². The number of carbonyl (C=O) groups is 1. The van der Waals surface area contributed by atoms with E-state index in [1.807, 2.05) is 24.3 Å². The van der Waals surface area contributed by atoms with Crippen molar-refractivity contribution in [1.82, 2.24) is 29.7 Å². The Bertz CT molecular complexity index is 2750. The Hall–Kier alpha value is -6.85. The number of aromatic nitrogens is 4. The predicted molar refractivity (Wildman–Crippen MR) is 235 cm³/mol. The third-order valence-electron chi connectivity index (χ3n) is 10.8. The first-order valence-corrected chi connectivity index (χ1v) is 20.8. The Morgan fingerprint density at radius 3 is 2.42 bits per heavy atom. The van der Waals surface area contributed by atoms with Crippen LogP contribution < -0.4 is 18.9 Å². The number of rotatable bonds is 17. The number of nitrogens with zero attached hydrogens (tertiary/aromatic N) is 6. The molecule has 64 heavy (non-hydrogen) atoms. The molecule has 0 aliphatic carbocycles. The largest absolute Gasteiger partial charge is 0.508 e. The first-order valence-electron chi connectivity index (χ1n) is 20.4. The Labute approximate surface area is 372 Å². The van der Waals surface area contributed by atoms with Gasteiger partial charge in [0.15, 0.2) is 5.82 Å². The maximum Gasteiger partial charge on any atom is 0.345 e. The number of aromatic hydroxyl groups is 1. The molecule has 7 aromatic rings. The number of methoxy groups -OCH3 is 1. The Morgan fingerprint density at radius 1 is 0.906 bits per heavy atom. The van der Waals surface area contributed by atoms with Crippen LogP contribution >= 0.6 is 11.6 Å². The average Bonchev–Trinajstić information content (AvgIpc) is 3.70. The highest BCUT2D eigenvalue weighted by Gasteiger charge is 2.29. The quantitative estimate of drug-likeness (QED) is 0.0836. The van der Waals surface area contributed by atoms with Crippen molar-refractivity contribution < 1.29 is 47.9 Å². The SMILES string of the molecule is COc1ccccc1-c1nccc(COc2ccc(O)cc2CC(Oc2ncnc3oc(-c4ccc(F)cc4)c(-c4ccc(OC(CO)CN5CCN(C)CC5)c(Cl)c4)c23)C(=O)O)n1. The molecule has 1 fully saturated rings. The van der Waals surface area contributed by atoms with Gasteiger partial charge in [-0.25, -0.2) is 29.1 Å². The van der Waals surface area contributed by atoms with E-state index in [0.717, 1.165) is 26.2 Å². The van der Waals surface area contributed by atoms with E-state index in [0.29, 0.717) is 57.4 Å². The minimum Gasteiger partial charge on any atom is -0.508 e. The summed E-state index contributed by atoms with van der Waals surface area (Å²) in [5.41, 5.74) is 3.00. The van der Waals surface area contributed by atoms with E-state index < -0.39 is 24.0 Å². The lowest BCUT2D eigenvalue weighted by Gasteiger charge is -2.34. The molecule has 3 N–H and O–H groups in total. The van der Waals surface area contributed by atoms with Gasteiger partial charge in [-0.3, -0.25) is 4.90 Å². The highest BCUT2D eigenvalue weighted by molar-refractivity contribution is 6.32. The number of hydrogen-bond donors (Lipinski definition) is 3. The van der Waals surface area contributed by atoms with Gasteiger partial charge in [0.2, 0.25) is 17.7 Å². The zero-order valence-electron chi connectivity index (χ0n) is 34.9. The Morgan fingerprint density at radius 2 is 1.67 bits per heavy atom. The Balaban J connectivity index is 1.09. The number of benzene rings is 4. The minimum atomic E-state index is -1.56. The van der Waals surface area contributed by atoms with Crippen molar-refractivity contribution in [3.63, 3.8) is 0 Å². The van der Waals surface area contributed by atoms with Gasteiger partial charge in [-0.15, -0.1) is 0 Å². The number of hydrogen-bond acceptors (Lipinski definition) is 14. The summed E-state index contributed by atoms with van der Waals surface area (Å²) < 4.78 is 44.6. The van der Waals surface area contributed by atoms with Gasteiger partial charge in [0, 0.05) is 62.0 Å². The number of halogens is 2. The molecule has 0 saturated carbocycles. The van der Waals surface area contributed by atoms with Crippen LogP contribution in [0.2, 0.25) is 5.02 Å². The van der Waals surface area contributed by atoms with Gasteiger partial charge in [-0.2, -0.15) is 0 Å². The molecular weight excluding hydrogens is 847 g/mol. The third kappa shape index (κ3) is 10.0. The number of phenolic OH excluding ortho intramolecular Hbond substituents is 1. The summed E-state index contributed by atoms with van der Waals surface area (Å²) >= 11 is 6.88. The number of fused-ring (bicyclic) bond motifs is 1. The number of aliphatic hydroxyl groups excluding tert-OH is 1. The summed E-state index contributed by atoms with van der Waals surface area (Å²) in [5, 5.41) is 31.8. The van der Waals surface area contributed by atoms with Crippen molar-refractivity contribution >= 4 is 28.7 Å². The monoisotopic (exact) mass is 890 g/mol. The van der Waals surface area contributed by atoms with Gasteiger partial charge in [0.1, 0.15) is 59.0 Å². The van der Waals surface area contributed by atoms with E-state index in [9.17, 15) is 24.5 Å². The van der Waals surface area contributed by atoms with E-state index >= 15 is 0 Å². The van der Waals surface area contributed by atoms with E-state index in [4.69, 9.17) is 35.0 Å². The second kappa shape index (κ2) is 19.7. The fourth-order valence-corrected chi connectivity index (χ4v) is 7.65. The number of phenols is 1. The van der Waals surface area contributed by atoms with Gasteiger partial charge < -0.3 is 43.6 Å². The number of furan rings is 1. The highest BCUT2D eigenvalue weighted by atomic mass is 35.5. The molecule has 8 rings (SSSR count). The van der Waals surface area contributed by atoms with E-state index in [-0.39, 0.29) is 58.9 Å². The van der Waals surface area contributed by atoms with Gasteiger partial charge in [-0.05, 0) is 85.4 Å². The maximum atomic E-state index is 14.2. The molecular formula is C47H44ClFN6O9. The molecule has 2 unspecified atom stereocenters. The fraction of sp³-hybridized carbons (Fsp3) is 0.255. The molecule has 1 aliphatic rings. The van der Waals surface area contributed by atoms with Crippen LogP contribution in [0.4, 0.5) is 4.39 Å². The molecule has 15 nitrogen and oxygen atoms in total. The number of likely N-dealkylation sites (N-methyl/N-ethyl adjacent to an activating group) is 1. The molecule has 2 atom stereocenters. The number of carboxylic acid groups (broad SMARTS) is 1. The van der Waals surface area contributed by atoms with Crippen molar-refractivity contribution in [2.75, 3.05) is 53.5 Å². The van der Waals surface area contributed by atoms with Crippen LogP contribution in [0.3, 0.4) is 0 Å². The molecule has 17 heteroatoms. The first kappa shape index (κ1) is 43.8. The Kier molecular flexibility index (Phi) is 13.5. The van der Waals surface area contributed by atoms with Crippen LogP contribution in [-0.2, 0) is 17.8 Å². The lowest BCUT2D eigenvalue weighted by Crippen LogP contribution is -2.48. The van der Waals surface area contributed by atoms with Crippen LogP contribution in [-0.4, -0.2) is 117 Å². The van der Waals surface area contributed by atoms with Crippen LogP contribution in [0.1, 0.15) is 11.3 Å². The number of aliphatic carboxylic acids is 1. The molecule has 4 heterocycles. The molecule has 4 aromatic carbocycles. The number of aliphatic hydroxyl groups is 1. The molecule has 0 radical (unpaired) electrons. The number of para-hydroxylation sites is 1. The lowest BCUT2D eigenvalue weighted by atomic mass is 9.99. The highest BCUT2D eigenvalue weighted by Crippen LogP contribution is 2.45. The molecule has 0 bridgehead atoms. The van der Waals surface area contributed by atoms with Crippen molar-refractivity contribution in [2.45, 2.75) is 25.2 Å². The molecule has 1 saturated heterocycles. The second-order valence-electron chi connectivity index (χ2n) is 15.1. The predicted octanol–water partition coefficient (Wildman–Crippen LogP) is 7.16. The van der Waals surface area contributed by atoms with Crippen LogP contribution in [0, 0.1) is 5.82 Å². The standard InChI is InChI=1S/C47H44ClFN6O9/c1-54-17-19-55(20-18-54)24-34(25-56)62-39-13-9-29(22-36(39)48)41-42-45(51-27-52-46(42)64-43(41)28-7-10-31(49)11-8-28)63-40(47(58)59)23-30-21-33(57)12-14-37(30)61-26-32-15-16-50-44(53-32)35-5-3-4-6-38(35)60-2/h3-16,21-22,27,34,40,56-57H,17-20,23-26H2,1-2H3,(H,58,59).